The standard InChI is InChI=1S/C9H9BF2O4/c11-6-4-7-5(2-1-3-15-7)8(12)9(6)16-10(13)14/h4,13-14H,1-3H2. The van der Waals surface area contributed by atoms with E-state index in [9.17, 15) is 8.78 Å². The first-order chi connectivity index (χ1) is 7.59. The fourth-order valence-corrected chi connectivity index (χ4v) is 1.62. The molecule has 1 heterocycles. The lowest BCUT2D eigenvalue weighted by atomic mass is 10.0. The lowest BCUT2D eigenvalue weighted by Gasteiger charge is -2.19. The van der Waals surface area contributed by atoms with E-state index in [1.54, 1.807) is 0 Å². The molecule has 1 aromatic rings. The third-order valence-electron chi connectivity index (χ3n) is 2.29. The molecule has 4 nitrogen and oxygen atoms in total. The van der Waals surface area contributed by atoms with Crippen LogP contribution in [-0.2, 0) is 6.42 Å². The van der Waals surface area contributed by atoms with Gasteiger partial charge in [0.25, 0.3) is 0 Å². The molecule has 0 aliphatic carbocycles. The first kappa shape index (κ1) is 11.2. The lowest BCUT2D eigenvalue weighted by molar-refractivity contribution is 0.261. The minimum atomic E-state index is -2.26. The largest absolute Gasteiger partial charge is 0.707 e. The Kier molecular flexibility index (Phi) is 2.98. The molecule has 2 rings (SSSR count). The predicted octanol–water partition coefficient (Wildman–Crippen LogP) is 0.638. The van der Waals surface area contributed by atoms with Crippen molar-refractivity contribution in [1.29, 1.82) is 0 Å². The Hall–Kier alpha value is -1.34. The van der Waals surface area contributed by atoms with Crippen molar-refractivity contribution in [2.45, 2.75) is 12.8 Å². The summed E-state index contributed by atoms with van der Waals surface area (Å²) in [7, 11) is -2.26. The van der Waals surface area contributed by atoms with Crippen LogP contribution in [0.5, 0.6) is 11.5 Å². The topological polar surface area (TPSA) is 58.9 Å². The summed E-state index contributed by atoms with van der Waals surface area (Å²) in [6, 6.07) is 0.981. The first-order valence-electron chi connectivity index (χ1n) is 4.76. The molecule has 7 heteroatoms. The van der Waals surface area contributed by atoms with E-state index in [-0.39, 0.29) is 11.3 Å². The maximum absolute atomic E-state index is 13.7. The van der Waals surface area contributed by atoms with Gasteiger partial charge in [0, 0.05) is 11.6 Å². The normalized spacial score (nSPS) is 14.0. The zero-order valence-corrected chi connectivity index (χ0v) is 8.24. The summed E-state index contributed by atoms with van der Waals surface area (Å²) in [5, 5.41) is 17.1. The smallest absolute Gasteiger partial charge is 0.507 e. The third kappa shape index (κ3) is 1.96. The van der Waals surface area contributed by atoms with Gasteiger partial charge in [0.1, 0.15) is 5.75 Å². The van der Waals surface area contributed by atoms with Gasteiger partial charge in [-0.3, -0.25) is 0 Å². The Morgan fingerprint density at radius 2 is 2.12 bits per heavy atom. The van der Waals surface area contributed by atoms with Crippen molar-refractivity contribution in [1.82, 2.24) is 0 Å². The van der Waals surface area contributed by atoms with Crippen LogP contribution in [-0.4, -0.2) is 24.0 Å². The van der Waals surface area contributed by atoms with Gasteiger partial charge in [0.2, 0.25) is 0 Å². The van der Waals surface area contributed by atoms with Gasteiger partial charge >= 0.3 is 7.32 Å². The SMILES string of the molecule is OB(O)Oc1c(F)cc2c(c1F)CCCO2. The van der Waals surface area contributed by atoms with E-state index in [0.29, 0.717) is 19.4 Å². The molecule has 0 radical (unpaired) electrons. The van der Waals surface area contributed by atoms with Crippen molar-refractivity contribution in [2.24, 2.45) is 0 Å². The molecule has 0 saturated carbocycles. The number of benzene rings is 1. The molecule has 0 aromatic heterocycles. The van der Waals surface area contributed by atoms with Gasteiger partial charge in [0.05, 0.1) is 6.61 Å². The highest BCUT2D eigenvalue weighted by molar-refractivity contribution is 6.33. The second-order valence-corrected chi connectivity index (χ2v) is 3.37. The maximum atomic E-state index is 13.7. The van der Waals surface area contributed by atoms with Crippen LogP contribution in [0.25, 0.3) is 0 Å². The Labute approximate surface area is 90.6 Å². The number of rotatable bonds is 2. The monoisotopic (exact) mass is 230 g/mol. The summed E-state index contributed by atoms with van der Waals surface area (Å²) in [5.74, 6) is -2.62. The van der Waals surface area contributed by atoms with Crippen LogP contribution in [0, 0.1) is 11.6 Å². The summed E-state index contributed by atoms with van der Waals surface area (Å²) in [6.45, 7) is 0.411. The zero-order valence-electron chi connectivity index (χ0n) is 8.24. The summed E-state index contributed by atoms with van der Waals surface area (Å²) >= 11 is 0. The van der Waals surface area contributed by atoms with Crippen LogP contribution in [0.4, 0.5) is 8.78 Å². The third-order valence-corrected chi connectivity index (χ3v) is 2.29. The number of hydrogen-bond donors (Lipinski definition) is 2. The van der Waals surface area contributed by atoms with Crippen molar-refractivity contribution >= 4 is 7.32 Å². The van der Waals surface area contributed by atoms with E-state index in [1.165, 1.54) is 0 Å². The van der Waals surface area contributed by atoms with E-state index >= 15 is 0 Å². The first-order valence-corrected chi connectivity index (χ1v) is 4.76. The molecule has 16 heavy (non-hydrogen) atoms. The average Bonchev–Trinajstić information content (AvgIpc) is 2.24. The van der Waals surface area contributed by atoms with Crippen molar-refractivity contribution in [3.05, 3.63) is 23.3 Å². The highest BCUT2D eigenvalue weighted by atomic mass is 19.1. The molecule has 86 valence electrons. The van der Waals surface area contributed by atoms with E-state index in [0.717, 1.165) is 6.07 Å². The van der Waals surface area contributed by atoms with Crippen molar-refractivity contribution in [3.63, 3.8) is 0 Å². The van der Waals surface area contributed by atoms with Gasteiger partial charge in [-0.05, 0) is 12.8 Å². The summed E-state index contributed by atoms with van der Waals surface area (Å²) in [5.41, 5.74) is 0.198. The molecule has 1 aromatic carbocycles. The van der Waals surface area contributed by atoms with Gasteiger partial charge in [-0.15, -0.1) is 0 Å². The second kappa shape index (κ2) is 4.27. The molecule has 0 atom stereocenters. The van der Waals surface area contributed by atoms with E-state index < -0.39 is 24.7 Å². The molecule has 1 aliphatic heterocycles. The quantitative estimate of drug-likeness (QED) is 0.732. The molecule has 0 unspecified atom stereocenters. The van der Waals surface area contributed by atoms with Crippen molar-refractivity contribution in [2.75, 3.05) is 6.61 Å². The summed E-state index contributed by atoms with van der Waals surface area (Å²) in [6.07, 6.45) is 1.02. The molecular formula is C9H9BF2O4. The van der Waals surface area contributed by atoms with Gasteiger partial charge in [-0.25, -0.2) is 8.78 Å². The fourth-order valence-electron chi connectivity index (χ4n) is 1.62. The number of hydrogen-bond acceptors (Lipinski definition) is 4. The minimum Gasteiger partial charge on any atom is -0.507 e. The number of ether oxygens (including phenoxy) is 1. The minimum absolute atomic E-state index is 0.140. The molecule has 1 aliphatic rings. The van der Waals surface area contributed by atoms with Gasteiger partial charge < -0.3 is 19.4 Å². The molecule has 0 amide bonds. The molecule has 0 fully saturated rings. The van der Waals surface area contributed by atoms with Crippen LogP contribution < -0.4 is 9.39 Å². The molecular weight excluding hydrogens is 221 g/mol. The van der Waals surface area contributed by atoms with Crippen LogP contribution in [0.1, 0.15) is 12.0 Å². The molecule has 2 N–H and O–H groups in total. The maximum Gasteiger partial charge on any atom is 0.707 e. The van der Waals surface area contributed by atoms with Gasteiger partial charge in [0.15, 0.2) is 17.4 Å². The van der Waals surface area contributed by atoms with E-state index in [2.05, 4.69) is 4.65 Å². The highest BCUT2D eigenvalue weighted by Crippen LogP contribution is 2.35. The Morgan fingerprint density at radius 3 is 2.81 bits per heavy atom. The fraction of sp³-hybridized carbons (Fsp3) is 0.333. The van der Waals surface area contributed by atoms with Crippen molar-refractivity contribution in [3.8, 4) is 11.5 Å². The predicted molar refractivity (Wildman–Crippen MR) is 51.0 cm³/mol. The van der Waals surface area contributed by atoms with Crippen LogP contribution in [0.15, 0.2) is 6.07 Å². The highest BCUT2D eigenvalue weighted by Gasteiger charge is 2.25. The molecule has 0 spiro atoms. The number of fused-ring (bicyclic) bond motifs is 1. The van der Waals surface area contributed by atoms with E-state index in [4.69, 9.17) is 14.8 Å². The second-order valence-electron chi connectivity index (χ2n) is 3.37. The lowest BCUT2D eigenvalue weighted by Crippen LogP contribution is -2.23. The average molecular weight is 230 g/mol. The van der Waals surface area contributed by atoms with Crippen LogP contribution in [0.3, 0.4) is 0 Å². The van der Waals surface area contributed by atoms with Gasteiger partial charge in [-0.1, -0.05) is 0 Å². The van der Waals surface area contributed by atoms with E-state index in [1.807, 2.05) is 0 Å². The molecule has 0 bridgehead atoms. The number of halogens is 2. The zero-order chi connectivity index (χ0) is 11.7. The summed E-state index contributed by atoms with van der Waals surface area (Å²) in [4.78, 5) is 0. The Morgan fingerprint density at radius 1 is 1.38 bits per heavy atom. The van der Waals surface area contributed by atoms with Crippen LogP contribution >= 0.6 is 0 Å². The van der Waals surface area contributed by atoms with Crippen molar-refractivity contribution < 1.29 is 28.2 Å². The van der Waals surface area contributed by atoms with Crippen LogP contribution in [0.2, 0.25) is 0 Å². The molecule has 0 saturated heterocycles. The summed E-state index contributed by atoms with van der Waals surface area (Å²) < 4.78 is 36.4. The Balaban J connectivity index is 2.45. The Bertz CT molecular complexity index is 411. The van der Waals surface area contributed by atoms with Gasteiger partial charge in [-0.2, -0.15) is 0 Å².